The van der Waals surface area contributed by atoms with Crippen LogP contribution in [0.3, 0.4) is 0 Å². The minimum Gasteiger partial charge on any atom is -0.392 e. The van der Waals surface area contributed by atoms with E-state index in [0.717, 1.165) is 11.4 Å². The average Bonchev–Trinajstić information content (AvgIpc) is 2.81. The third kappa shape index (κ3) is 2.44. The maximum Gasteiger partial charge on any atom is 0.128 e. The molecule has 1 aromatic heterocycles. The first-order chi connectivity index (χ1) is 7.31. The van der Waals surface area contributed by atoms with Gasteiger partial charge in [0.25, 0.3) is 0 Å². The van der Waals surface area contributed by atoms with Gasteiger partial charge in [-0.05, 0) is 29.9 Å². The topological polar surface area (TPSA) is 36.4 Å². The fraction of sp³-hybridized carbons (Fsp3) is 0.545. The summed E-state index contributed by atoms with van der Waals surface area (Å²) >= 11 is 2.00. The molecule has 1 aromatic rings. The Hall–Kier alpha value is -0.740. The molecule has 1 unspecified atom stereocenters. The fourth-order valence-electron chi connectivity index (χ4n) is 1.77. The molecule has 1 fully saturated rings. The van der Waals surface area contributed by atoms with Crippen LogP contribution in [-0.2, 0) is 6.61 Å². The van der Waals surface area contributed by atoms with Crippen LogP contribution in [0.25, 0.3) is 0 Å². The number of hydrogen-bond acceptors (Lipinski definition) is 4. The standard InChI is InChI=1S/C11H16N2OS/c1-13(10-3-5-15-8-10)11-6-9(7-14)2-4-12-11/h2,4,6,10,14H,3,5,7-8H2,1H3. The molecule has 1 aliphatic heterocycles. The van der Waals surface area contributed by atoms with E-state index in [0.29, 0.717) is 6.04 Å². The zero-order chi connectivity index (χ0) is 10.7. The second kappa shape index (κ2) is 4.86. The van der Waals surface area contributed by atoms with Crippen LogP contribution in [-0.4, -0.2) is 34.7 Å². The Balaban J connectivity index is 2.13. The van der Waals surface area contributed by atoms with E-state index in [1.807, 2.05) is 23.9 Å². The molecule has 1 saturated heterocycles. The normalized spacial score (nSPS) is 20.5. The number of thioether (sulfide) groups is 1. The number of pyridine rings is 1. The van der Waals surface area contributed by atoms with Gasteiger partial charge in [-0.2, -0.15) is 11.8 Å². The van der Waals surface area contributed by atoms with Crippen molar-refractivity contribution in [2.45, 2.75) is 19.1 Å². The summed E-state index contributed by atoms with van der Waals surface area (Å²) in [7, 11) is 2.08. The van der Waals surface area contributed by atoms with Crippen LogP contribution in [0, 0.1) is 0 Å². The van der Waals surface area contributed by atoms with Crippen LogP contribution in [0.1, 0.15) is 12.0 Å². The highest BCUT2D eigenvalue weighted by atomic mass is 32.2. The van der Waals surface area contributed by atoms with Gasteiger partial charge in [-0.25, -0.2) is 4.98 Å². The van der Waals surface area contributed by atoms with Crippen molar-refractivity contribution in [3.05, 3.63) is 23.9 Å². The molecular formula is C11H16N2OS. The Morgan fingerprint density at radius 3 is 3.20 bits per heavy atom. The predicted molar refractivity (Wildman–Crippen MR) is 64.3 cm³/mol. The highest BCUT2D eigenvalue weighted by Crippen LogP contribution is 2.24. The van der Waals surface area contributed by atoms with Crippen molar-refractivity contribution in [2.75, 3.05) is 23.5 Å². The molecule has 0 bridgehead atoms. The first-order valence-corrected chi connectivity index (χ1v) is 6.33. The van der Waals surface area contributed by atoms with Crippen LogP contribution in [0.2, 0.25) is 0 Å². The number of anilines is 1. The molecule has 3 nitrogen and oxygen atoms in total. The lowest BCUT2D eigenvalue weighted by molar-refractivity contribution is 0.281. The number of nitrogens with zero attached hydrogens (tertiary/aromatic N) is 2. The van der Waals surface area contributed by atoms with Crippen molar-refractivity contribution < 1.29 is 5.11 Å². The van der Waals surface area contributed by atoms with Crippen LogP contribution in [0.4, 0.5) is 5.82 Å². The third-order valence-corrected chi connectivity index (χ3v) is 3.95. The molecule has 15 heavy (non-hydrogen) atoms. The minimum absolute atomic E-state index is 0.0861. The van der Waals surface area contributed by atoms with Gasteiger partial charge in [0.15, 0.2) is 0 Å². The summed E-state index contributed by atoms with van der Waals surface area (Å²) in [5.41, 5.74) is 0.928. The number of hydrogen-bond donors (Lipinski definition) is 1. The first kappa shape index (κ1) is 10.8. The van der Waals surface area contributed by atoms with E-state index in [1.165, 1.54) is 17.9 Å². The van der Waals surface area contributed by atoms with Gasteiger partial charge in [0.05, 0.1) is 6.61 Å². The van der Waals surface area contributed by atoms with Crippen molar-refractivity contribution in [3.63, 3.8) is 0 Å². The molecule has 2 rings (SSSR count). The molecule has 1 aliphatic rings. The summed E-state index contributed by atoms with van der Waals surface area (Å²) in [5.74, 6) is 3.39. The zero-order valence-electron chi connectivity index (χ0n) is 8.89. The molecule has 0 spiro atoms. The van der Waals surface area contributed by atoms with Gasteiger partial charge in [-0.15, -0.1) is 0 Å². The Labute approximate surface area is 94.5 Å². The summed E-state index contributed by atoms with van der Waals surface area (Å²) in [6.07, 6.45) is 2.99. The zero-order valence-corrected chi connectivity index (χ0v) is 9.70. The van der Waals surface area contributed by atoms with Gasteiger partial charge in [-0.1, -0.05) is 0 Å². The van der Waals surface area contributed by atoms with Crippen molar-refractivity contribution in [2.24, 2.45) is 0 Å². The Morgan fingerprint density at radius 1 is 1.67 bits per heavy atom. The minimum atomic E-state index is 0.0861. The first-order valence-electron chi connectivity index (χ1n) is 5.17. The van der Waals surface area contributed by atoms with Crippen LogP contribution in [0.15, 0.2) is 18.3 Å². The van der Waals surface area contributed by atoms with E-state index in [1.54, 1.807) is 6.20 Å². The summed E-state index contributed by atoms with van der Waals surface area (Å²) < 4.78 is 0. The van der Waals surface area contributed by atoms with E-state index in [2.05, 4.69) is 16.9 Å². The third-order valence-electron chi connectivity index (χ3n) is 2.81. The monoisotopic (exact) mass is 224 g/mol. The van der Waals surface area contributed by atoms with Crippen molar-refractivity contribution in [1.82, 2.24) is 4.98 Å². The van der Waals surface area contributed by atoms with Crippen molar-refractivity contribution in [1.29, 1.82) is 0 Å². The van der Waals surface area contributed by atoms with Crippen molar-refractivity contribution in [3.8, 4) is 0 Å². The molecule has 2 heterocycles. The molecule has 0 aliphatic carbocycles. The lowest BCUT2D eigenvalue weighted by Gasteiger charge is -2.25. The van der Waals surface area contributed by atoms with Gasteiger partial charge in [0.2, 0.25) is 0 Å². The van der Waals surface area contributed by atoms with Gasteiger partial charge < -0.3 is 10.0 Å². The Kier molecular flexibility index (Phi) is 3.49. The van der Waals surface area contributed by atoms with Crippen LogP contribution >= 0.6 is 11.8 Å². The van der Waals surface area contributed by atoms with E-state index in [9.17, 15) is 0 Å². The second-order valence-electron chi connectivity index (χ2n) is 3.81. The maximum absolute atomic E-state index is 9.06. The summed E-state index contributed by atoms with van der Waals surface area (Å²) in [6, 6.07) is 4.40. The lowest BCUT2D eigenvalue weighted by Crippen LogP contribution is -2.31. The lowest BCUT2D eigenvalue weighted by atomic mass is 10.2. The van der Waals surface area contributed by atoms with Gasteiger partial charge >= 0.3 is 0 Å². The van der Waals surface area contributed by atoms with Crippen LogP contribution < -0.4 is 4.90 Å². The molecule has 4 heteroatoms. The van der Waals surface area contributed by atoms with E-state index in [4.69, 9.17) is 5.11 Å². The molecule has 0 amide bonds. The number of aliphatic hydroxyl groups is 1. The number of aromatic nitrogens is 1. The summed E-state index contributed by atoms with van der Waals surface area (Å²) in [4.78, 5) is 6.56. The fourth-order valence-corrected chi connectivity index (χ4v) is 3.03. The molecule has 82 valence electrons. The average molecular weight is 224 g/mol. The van der Waals surface area contributed by atoms with Gasteiger partial charge in [-0.3, -0.25) is 0 Å². The summed E-state index contributed by atoms with van der Waals surface area (Å²) in [5, 5.41) is 9.06. The van der Waals surface area contributed by atoms with E-state index < -0.39 is 0 Å². The molecule has 0 aromatic carbocycles. The largest absolute Gasteiger partial charge is 0.392 e. The van der Waals surface area contributed by atoms with E-state index in [-0.39, 0.29) is 6.61 Å². The maximum atomic E-state index is 9.06. The molecule has 1 atom stereocenters. The Bertz CT molecular complexity index is 326. The Morgan fingerprint density at radius 2 is 2.53 bits per heavy atom. The highest BCUT2D eigenvalue weighted by molar-refractivity contribution is 7.99. The number of aliphatic hydroxyl groups excluding tert-OH is 1. The van der Waals surface area contributed by atoms with Crippen LogP contribution in [0.5, 0.6) is 0 Å². The molecule has 1 N–H and O–H groups in total. The SMILES string of the molecule is CN(c1cc(CO)ccn1)C1CCSC1. The molecule has 0 saturated carbocycles. The van der Waals surface area contributed by atoms with Gasteiger partial charge in [0, 0.05) is 25.0 Å². The molecular weight excluding hydrogens is 208 g/mol. The number of rotatable bonds is 3. The predicted octanol–water partition coefficient (Wildman–Crippen LogP) is 1.52. The van der Waals surface area contributed by atoms with E-state index >= 15 is 0 Å². The smallest absolute Gasteiger partial charge is 0.128 e. The second-order valence-corrected chi connectivity index (χ2v) is 4.96. The van der Waals surface area contributed by atoms with Gasteiger partial charge in [0.1, 0.15) is 5.82 Å². The summed E-state index contributed by atoms with van der Waals surface area (Å²) in [6.45, 7) is 0.0861. The molecule has 0 radical (unpaired) electrons. The van der Waals surface area contributed by atoms with Crippen molar-refractivity contribution >= 4 is 17.6 Å². The highest BCUT2D eigenvalue weighted by Gasteiger charge is 2.20. The quantitative estimate of drug-likeness (QED) is 0.844.